The third-order valence-electron chi connectivity index (χ3n) is 4.49. The topological polar surface area (TPSA) is 41.1 Å². The highest BCUT2D eigenvalue weighted by Crippen LogP contribution is 2.28. The van der Waals surface area contributed by atoms with Crippen LogP contribution in [0.2, 0.25) is 0 Å². The predicted octanol–water partition coefficient (Wildman–Crippen LogP) is 5.29. The van der Waals surface area contributed by atoms with Gasteiger partial charge in [-0.05, 0) is 60.7 Å². The number of hydrogen-bond donors (Lipinski definition) is 2. The maximum absolute atomic E-state index is 11.9. The minimum atomic E-state index is 0.154. The lowest BCUT2D eigenvalue weighted by molar-refractivity contribution is -0.122. The number of amides is 1. The van der Waals surface area contributed by atoms with Gasteiger partial charge in [0.25, 0.3) is 0 Å². The summed E-state index contributed by atoms with van der Waals surface area (Å²) in [4.78, 5) is 11.9. The lowest BCUT2D eigenvalue weighted by Crippen LogP contribution is -2.27. The van der Waals surface area contributed by atoms with E-state index in [1.165, 1.54) is 12.0 Å². The minimum absolute atomic E-state index is 0.154. The summed E-state index contributed by atoms with van der Waals surface area (Å²) >= 11 is 0. The normalized spacial score (nSPS) is 14.4. The minimum Gasteiger partial charge on any atom is -0.356 e. The van der Waals surface area contributed by atoms with E-state index < -0.39 is 0 Å². The number of carbonyl (C=O) groups excluding carboxylic acids is 1. The van der Waals surface area contributed by atoms with Gasteiger partial charge < -0.3 is 10.6 Å². The van der Waals surface area contributed by atoms with Gasteiger partial charge in [0, 0.05) is 23.0 Å². The molecule has 1 aliphatic carbocycles. The fourth-order valence-corrected chi connectivity index (χ4v) is 2.67. The smallest absolute Gasteiger partial charge is 0.227 e. The Balaban J connectivity index is 1.59. The molecule has 0 spiro atoms. The predicted molar refractivity (Wildman–Crippen MR) is 96.2 cm³/mol. The van der Waals surface area contributed by atoms with E-state index in [0.29, 0.717) is 5.92 Å². The van der Waals surface area contributed by atoms with Crippen molar-refractivity contribution in [2.75, 3.05) is 10.6 Å². The summed E-state index contributed by atoms with van der Waals surface area (Å²) in [5.41, 5.74) is 4.29. The second kappa shape index (κ2) is 6.86. The zero-order valence-corrected chi connectivity index (χ0v) is 13.8. The molecule has 23 heavy (non-hydrogen) atoms. The van der Waals surface area contributed by atoms with E-state index in [-0.39, 0.29) is 11.8 Å². The van der Waals surface area contributed by atoms with Crippen molar-refractivity contribution in [3.63, 3.8) is 0 Å². The number of carbonyl (C=O) groups is 1. The molecular weight excluding hydrogens is 284 g/mol. The van der Waals surface area contributed by atoms with Crippen LogP contribution in [0.25, 0.3) is 0 Å². The van der Waals surface area contributed by atoms with Gasteiger partial charge >= 0.3 is 0 Å². The molecule has 3 nitrogen and oxygen atoms in total. The number of rotatable bonds is 5. The van der Waals surface area contributed by atoms with Crippen LogP contribution in [-0.4, -0.2) is 5.91 Å². The van der Waals surface area contributed by atoms with Crippen molar-refractivity contribution in [2.45, 2.75) is 39.0 Å². The van der Waals surface area contributed by atoms with Gasteiger partial charge in [-0.25, -0.2) is 0 Å². The molecule has 1 fully saturated rings. The molecule has 2 N–H and O–H groups in total. The molecular formula is C20H24N2O. The monoisotopic (exact) mass is 308 g/mol. The molecule has 1 aliphatic rings. The first kappa shape index (κ1) is 15.6. The standard InChI is InChI=1S/C20H24N2O/c1-14(2)15-6-8-17(9-7-15)21-18-10-12-19(13-11-18)22-20(23)16-4-3-5-16/h6-14,16,21H,3-5H2,1-2H3,(H,22,23). The lowest BCUT2D eigenvalue weighted by Gasteiger charge is -2.24. The fourth-order valence-electron chi connectivity index (χ4n) is 2.67. The molecule has 120 valence electrons. The van der Waals surface area contributed by atoms with Gasteiger partial charge in [-0.2, -0.15) is 0 Å². The van der Waals surface area contributed by atoms with Crippen LogP contribution < -0.4 is 10.6 Å². The third kappa shape index (κ3) is 3.92. The quantitative estimate of drug-likeness (QED) is 0.787. The van der Waals surface area contributed by atoms with Crippen LogP contribution >= 0.6 is 0 Å². The van der Waals surface area contributed by atoms with Gasteiger partial charge in [0.15, 0.2) is 0 Å². The van der Waals surface area contributed by atoms with E-state index in [9.17, 15) is 4.79 Å². The molecule has 2 aromatic carbocycles. The number of benzene rings is 2. The maximum atomic E-state index is 11.9. The van der Waals surface area contributed by atoms with Crippen LogP contribution in [0.5, 0.6) is 0 Å². The van der Waals surface area contributed by atoms with Crippen LogP contribution in [0, 0.1) is 5.92 Å². The highest BCUT2D eigenvalue weighted by atomic mass is 16.1. The highest BCUT2D eigenvalue weighted by Gasteiger charge is 2.24. The molecule has 0 heterocycles. The molecule has 1 saturated carbocycles. The van der Waals surface area contributed by atoms with Gasteiger partial charge in [-0.3, -0.25) is 4.79 Å². The maximum Gasteiger partial charge on any atom is 0.227 e. The summed E-state index contributed by atoms with van der Waals surface area (Å²) in [7, 11) is 0. The Morgan fingerprint density at radius 2 is 1.43 bits per heavy atom. The summed E-state index contributed by atoms with van der Waals surface area (Å²) in [5.74, 6) is 0.913. The molecule has 0 aliphatic heterocycles. The van der Waals surface area contributed by atoms with E-state index in [0.717, 1.165) is 29.9 Å². The molecule has 3 rings (SSSR count). The van der Waals surface area contributed by atoms with Crippen molar-refractivity contribution in [1.29, 1.82) is 0 Å². The molecule has 0 bridgehead atoms. The van der Waals surface area contributed by atoms with Gasteiger partial charge in [0.1, 0.15) is 0 Å². The van der Waals surface area contributed by atoms with E-state index in [4.69, 9.17) is 0 Å². The Kier molecular flexibility index (Phi) is 4.65. The summed E-state index contributed by atoms with van der Waals surface area (Å²) in [6.07, 6.45) is 3.23. The van der Waals surface area contributed by atoms with Gasteiger partial charge in [-0.1, -0.05) is 32.4 Å². The van der Waals surface area contributed by atoms with Crippen LogP contribution in [-0.2, 0) is 4.79 Å². The van der Waals surface area contributed by atoms with Gasteiger partial charge in [0.2, 0.25) is 5.91 Å². The largest absolute Gasteiger partial charge is 0.356 e. The van der Waals surface area contributed by atoms with E-state index in [1.54, 1.807) is 0 Å². The van der Waals surface area contributed by atoms with Crippen LogP contribution in [0.1, 0.15) is 44.6 Å². The Morgan fingerprint density at radius 3 is 1.91 bits per heavy atom. The van der Waals surface area contributed by atoms with Crippen molar-refractivity contribution in [3.8, 4) is 0 Å². The summed E-state index contributed by atoms with van der Waals surface area (Å²) < 4.78 is 0. The zero-order valence-electron chi connectivity index (χ0n) is 13.8. The van der Waals surface area contributed by atoms with E-state index in [2.05, 4.69) is 48.7 Å². The summed E-state index contributed by atoms with van der Waals surface area (Å²) in [5, 5.41) is 6.37. The van der Waals surface area contributed by atoms with Crippen LogP contribution in [0.3, 0.4) is 0 Å². The Labute approximate surface area is 138 Å². The van der Waals surface area contributed by atoms with E-state index in [1.807, 2.05) is 24.3 Å². The SMILES string of the molecule is CC(C)c1ccc(Nc2ccc(NC(=O)C3CCC3)cc2)cc1. The van der Waals surface area contributed by atoms with Gasteiger partial charge in [0.05, 0.1) is 0 Å². The average Bonchev–Trinajstić information content (AvgIpc) is 2.48. The molecule has 2 aromatic rings. The first-order valence-electron chi connectivity index (χ1n) is 8.40. The molecule has 1 amide bonds. The first-order chi connectivity index (χ1) is 11.1. The van der Waals surface area contributed by atoms with Crippen molar-refractivity contribution in [1.82, 2.24) is 0 Å². The zero-order chi connectivity index (χ0) is 16.2. The molecule has 0 unspecified atom stereocenters. The Morgan fingerprint density at radius 1 is 0.913 bits per heavy atom. The average molecular weight is 308 g/mol. The lowest BCUT2D eigenvalue weighted by atomic mass is 9.85. The van der Waals surface area contributed by atoms with E-state index >= 15 is 0 Å². The fraction of sp³-hybridized carbons (Fsp3) is 0.350. The molecule has 0 aromatic heterocycles. The summed E-state index contributed by atoms with van der Waals surface area (Å²) in [6, 6.07) is 16.4. The second-order valence-electron chi connectivity index (χ2n) is 6.60. The highest BCUT2D eigenvalue weighted by molar-refractivity contribution is 5.93. The summed E-state index contributed by atoms with van der Waals surface area (Å²) in [6.45, 7) is 4.39. The molecule has 0 atom stereocenters. The van der Waals surface area contributed by atoms with Crippen molar-refractivity contribution in [2.24, 2.45) is 5.92 Å². The first-order valence-corrected chi connectivity index (χ1v) is 8.40. The molecule has 0 saturated heterocycles. The van der Waals surface area contributed by atoms with Gasteiger partial charge in [-0.15, -0.1) is 0 Å². The van der Waals surface area contributed by atoms with Crippen molar-refractivity contribution >= 4 is 23.0 Å². The molecule has 3 heteroatoms. The number of hydrogen-bond acceptors (Lipinski definition) is 2. The molecule has 0 radical (unpaired) electrons. The van der Waals surface area contributed by atoms with Crippen molar-refractivity contribution < 1.29 is 4.79 Å². The Bertz CT molecular complexity index is 655. The Hall–Kier alpha value is -2.29. The number of nitrogens with one attached hydrogen (secondary N) is 2. The van der Waals surface area contributed by atoms with Crippen LogP contribution in [0.4, 0.5) is 17.1 Å². The second-order valence-corrected chi connectivity index (χ2v) is 6.60. The van der Waals surface area contributed by atoms with Crippen LogP contribution in [0.15, 0.2) is 48.5 Å². The third-order valence-corrected chi connectivity index (χ3v) is 4.49. The van der Waals surface area contributed by atoms with Crippen molar-refractivity contribution in [3.05, 3.63) is 54.1 Å². The number of anilines is 3.